The van der Waals surface area contributed by atoms with Gasteiger partial charge in [0.15, 0.2) is 0 Å². The minimum atomic E-state index is -0.349. The summed E-state index contributed by atoms with van der Waals surface area (Å²) in [5.41, 5.74) is -0.126. The molecule has 2 aliphatic carbocycles. The van der Waals surface area contributed by atoms with Crippen molar-refractivity contribution in [3.63, 3.8) is 0 Å². The first-order valence-electron chi connectivity index (χ1n) is 8.26. The molecule has 0 radical (unpaired) electrons. The Balaban J connectivity index is 2.43. The van der Waals surface area contributed by atoms with Gasteiger partial charge in [-0.1, -0.05) is 27.7 Å². The average Bonchev–Trinajstić information content (AvgIpc) is 2.82. The Morgan fingerprint density at radius 2 is 1.81 bits per heavy atom. The van der Waals surface area contributed by atoms with Crippen LogP contribution in [0.1, 0.15) is 60.3 Å². The Morgan fingerprint density at radius 3 is 2.33 bits per heavy atom. The van der Waals surface area contributed by atoms with Gasteiger partial charge in [0.05, 0.1) is 12.5 Å². The summed E-state index contributed by atoms with van der Waals surface area (Å²) in [4.78, 5) is 24.5. The predicted molar refractivity (Wildman–Crippen MR) is 82.7 cm³/mol. The van der Waals surface area contributed by atoms with E-state index < -0.39 is 0 Å². The number of methoxy groups -OCH3 is 1. The highest BCUT2D eigenvalue weighted by Crippen LogP contribution is 2.63. The largest absolute Gasteiger partial charge is 0.469 e. The van der Waals surface area contributed by atoms with E-state index in [-0.39, 0.29) is 34.4 Å². The molecule has 5 unspecified atom stereocenters. The number of esters is 1. The van der Waals surface area contributed by atoms with Crippen LogP contribution in [-0.2, 0) is 14.3 Å². The molecule has 0 N–H and O–H groups in total. The van der Waals surface area contributed by atoms with Crippen LogP contribution in [0.15, 0.2) is 0 Å². The molecule has 2 aliphatic rings. The second-order valence-electron chi connectivity index (χ2n) is 8.05. The highest BCUT2D eigenvalue weighted by molar-refractivity contribution is 5.80. The number of carbonyl (C=O) groups excluding carboxylic acids is 2. The Hall–Kier alpha value is -0.860. The summed E-state index contributed by atoms with van der Waals surface area (Å²) >= 11 is 0. The summed E-state index contributed by atoms with van der Waals surface area (Å²) in [5, 5.41) is 0. The average molecular weight is 294 g/mol. The Kier molecular flexibility index (Phi) is 4.25. The van der Waals surface area contributed by atoms with E-state index in [4.69, 9.17) is 4.74 Å². The van der Waals surface area contributed by atoms with Crippen molar-refractivity contribution < 1.29 is 14.3 Å². The first kappa shape index (κ1) is 16.5. The van der Waals surface area contributed by atoms with Crippen molar-refractivity contribution in [2.24, 2.45) is 34.5 Å². The molecule has 3 heteroatoms. The lowest BCUT2D eigenvalue weighted by molar-refractivity contribution is -0.165. The maximum absolute atomic E-state index is 12.6. The van der Waals surface area contributed by atoms with E-state index in [1.807, 2.05) is 6.92 Å². The Bertz CT molecular complexity index is 440. The van der Waals surface area contributed by atoms with Crippen molar-refractivity contribution in [1.29, 1.82) is 0 Å². The SMILES string of the molecule is COC(=O)C12CCC(C(C)C(C)=O)C1C(C)C(C)(C)CC2. The standard InChI is InChI=1S/C18H30O3/c1-11(13(3)19)14-7-8-18(16(20)21-6)10-9-17(4,5)12(2)15(14)18/h11-12,14-15H,7-10H2,1-6H3. The van der Waals surface area contributed by atoms with Crippen LogP contribution in [0, 0.1) is 34.5 Å². The molecule has 0 aromatic carbocycles. The third-order valence-electron chi connectivity index (χ3n) is 6.89. The van der Waals surface area contributed by atoms with Crippen LogP contribution in [0.25, 0.3) is 0 Å². The molecule has 0 amide bonds. The van der Waals surface area contributed by atoms with Gasteiger partial charge in [-0.05, 0) is 55.8 Å². The summed E-state index contributed by atoms with van der Waals surface area (Å²) in [6.45, 7) is 10.6. The molecule has 21 heavy (non-hydrogen) atoms. The number of carbonyl (C=O) groups is 2. The van der Waals surface area contributed by atoms with Crippen molar-refractivity contribution in [3.8, 4) is 0 Å². The normalized spacial score (nSPS) is 39.4. The molecule has 0 aromatic heterocycles. The van der Waals surface area contributed by atoms with Crippen LogP contribution in [0.3, 0.4) is 0 Å². The van der Waals surface area contributed by atoms with Gasteiger partial charge < -0.3 is 4.74 Å². The number of ketones is 1. The van der Waals surface area contributed by atoms with Gasteiger partial charge >= 0.3 is 5.97 Å². The fourth-order valence-corrected chi connectivity index (χ4v) is 4.99. The predicted octanol–water partition coefficient (Wildman–Crippen LogP) is 3.85. The highest BCUT2D eigenvalue weighted by atomic mass is 16.5. The van der Waals surface area contributed by atoms with Crippen LogP contribution in [-0.4, -0.2) is 18.9 Å². The molecule has 0 bridgehead atoms. The summed E-state index contributed by atoms with van der Waals surface area (Å²) in [5.74, 6) is 1.26. The fraction of sp³-hybridized carbons (Fsp3) is 0.889. The number of ether oxygens (including phenoxy) is 1. The molecular formula is C18H30O3. The number of Topliss-reactive ketones (excluding diaryl/α,β-unsaturated/α-hetero) is 1. The maximum Gasteiger partial charge on any atom is 0.312 e. The smallest absolute Gasteiger partial charge is 0.312 e. The van der Waals surface area contributed by atoms with E-state index in [0.717, 1.165) is 25.7 Å². The lowest BCUT2D eigenvalue weighted by Crippen LogP contribution is -2.50. The quantitative estimate of drug-likeness (QED) is 0.742. The van der Waals surface area contributed by atoms with E-state index in [0.29, 0.717) is 11.8 Å². The van der Waals surface area contributed by atoms with Gasteiger partial charge in [0.1, 0.15) is 5.78 Å². The van der Waals surface area contributed by atoms with Gasteiger partial charge in [-0.2, -0.15) is 0 Å². The second kappa shape index (κ2) is 5.40. The first-order valence-corrected chi connectivity index (χ1v) is 8.26. The monoisotopic (exact) mass is 294 g/mol. The van der Waals surface area contributed by atoms with E-state index in [2.05, 4.69) is 20.8 Å². The van der Waals surface area contributed by atoms with Gasteiger partial charge in [-0.3, -0.25) is 9.59 Å². The van der Waals surface area contributed by atoms with Crippen molar-refractivity contribution in [1.82, 2.24) is 0 Å². The molecule has 0 saturated heterocycles. The maximum atomic E-state index is 12.6. The molecule has 5 atom stereocenters. The van der Waals surface area contributed by atoms with E-state index in [9.17, 15) is 9.59 Å². The van der Waals surface area contributed by atoms with Crippen molar-refractivity contribution in [2.45, 2.75) is 60.3 Å². The molecule has 2 rings (SSSR count). The Morgan fingerprint density at radius 1 is 1.19 bits per heavy atom. The van der Waals surface area contributed by atoms with Crippen molar-refractivity contribution in [2.75, 3.05) is 7.11 Å². The molecule has 3 nitrogen and oxygen atoms in total. The molecule has 0 aliphatic heterocycles. The van der Waals surface area contributed by atoms with Crippen LogP contribution >= 0.6 is 0 Å². The number of hydrogen-bond acceptors (Lipinski definition) is 3. The number of rotatable bonds is 3. The number of fused-ring (bicyclic) bond motifs is 1. The third-order valence-corrected chi connectivity index (χ3v) is 6.89. The molecule has 120 valence electrons. The minimum Gasteiger partial charge on any atom is -0.469 e. The molecule has 2 saturated carbocycles. The zero-order chi connectivity index (χ0) is 16.0. The summed E-state index contributed by atoms with van der Waals surface area (Å²) < 4.78 is 5.18. The van der Waals surface area contributed by atoms with Crippen LogP contribution < -0.4 is 0 Å². The molecule has 0 aromatic rings. The Labute approximate surface area is 128 Å². The molecular weight excluding hydrogens is 264 g/mol. The minimum absolute atomic E-state index is 0.0397. The van der Waals surface area contributed by atoms with Crippen LogP contribution in [0.2, 0.25) is 0 Å². The summed E-state index contributed by atoms with van der Waals surface area (Å²) in [7, 11) is 1.50. The number of hydrogen-bond donors (Lipinski definition) is 0. The van der Waals surface area contributed by atoms with E-state index in [1.54, 1.807) is 6.92 Å². The van der Waals surface area contributed by atoms with E-state index >= 15 is 0 Å². The van der Waals surface area contributed by atoms with Crippen LogP contribution in [0.5, 0.6) is 0 Å². The zero-order valence-electron chi connectivity index (χ0n) is 14.4. The molecule has 0 spiro atoms. The first-order chi connectivity index (χ1) is 9.67. The molecule has 2 fully saturated rings. The van der Waals surface area contributed by atoms with Crippen molar-refractivity contribution >= 4 is 11.8 Å². The fourth-order valence-electron chi connectivity index (χ4n) is 4.99. The summed E-state index contributed by atoms with van der Waals surface area (Å²) in [6.07, 6.45) is 3.82. The zero-order valence-corrected chi connectivity index (χ0v) is 14.4. The van der Waals surface area contributed by atoms with Crippen molar-refractivity contribution in [3.05, 3.63) is 0 Å². The lowest BCUT2D eigenvalue weighted by Gasteiger charge is -2.51. The van der Waals surface area contributed by atoms with Gasteiger partial charge in [-0.25, -0.2) is 0 Å². The highest BCUT2D eigenvalue weighted by Gasteiger charge is 2.61. The lowest BCUT2D eigenvalue weighted by atomic mass is 9.52. The van der Waals surface area contributed by atoms with E-state index in [1.165, 1.54) is 7.11 Å². The van der Waals surface area contributed by atoms with Gasteiger partial charge in [-0.15, -0.1) is 0 Å². The van der Waals surface area contributed by atoms with Gasteiger partial charge in [0.25, 0.3) is 0 Å². The van der Waals surface area contributed by atoms with Gasteiger partial charge in [0, 0.05) is 5.92 Å². The van der Waals surface area contributed by atoms with Gasteiger partial charge in [0.2, 0.25) is 0 Å². The third kappa shape index (κ3) is 2.43. The topological polar surface area (TPSA) is 43.4 Å². The molecule has 0 heterocycles. The second-order valence-corrected chi connectivity index (χ2v) is 8.05. The summed E-state index contributed by atoms with van der Waals surface area (Å²) in [6, 6.07) is 0. The van der Waals surface area contributed by atoms with Crippen LogP contribution in [0.4, 0.5) is 0 Å².